The molecule has 0 radical (unpaired) electrons. The third kappa shape index (κ3) is 3.07. The van der Waals surface area contributed by atoms with E-state index in [-0.39, 0.29) is 12.4 Å². The van der Waals surface area contributed by atoms with E-state index in [0.717, 1.165) is 31.5 Å². The molecule has 1 unspecified atom stereocenters. The summed E-state index contributed by atoms with van der Waals surface area (Å²) in [5.41, 5.74) is 8.13. The maximum absolute atomic E-state index is 11.4. The molecule has 1 fully saturated rings. The number of hydrogen-bond acceptors (Lipinski definition) is 4. The Hall–Kier alpha value is -1.55. The Kier molecular flexibility index (Phi) is 4.43. The molecule has 2 rings (SSSR count). The number of carbonyl (C=O) groups is 1. The predicted octanol–water partition coefficient (Wildman–Crippen LogP) is 2.21. The Morgan fingerprint density at radius 1 is 1.47 bits per heavy atom. The van der Waals surface area contributed by atoms with Gasteiger partial charge in [-0.3, -0.25) is 4.79 Å². The molecule has 19 heavy (non-hydrogen) atoms. The zero-order chi connectivity index (χ0) is 13.8. The molecule has 1 aromatic carbocycles. The van der Waals surface area contributed by atoms with E-state index in [2.05, 4.69) is 4.90 Å². The standard InChI is InChI=1S/C15H22N2O2/c1-11(19)14-6-5-13(10-15(14)16)17-8-3-2-4-12(17)7-9-18/h5-6,10,12,18H,2-4,7-9,16H2,1H3. The Morgan fingerprint density at radius 2 is 2.26 bits per heavy atom. The van der Waals surface area contributed by atoms with Crippen LogP contribution in [0.2, 0.25) is 0 Å². The van der Waals surface area contributed by atoms with Crippen molar-refractivity contribution >= 4 is 17.2 Å². The van der Waals surface area contributed by atoms with E-state index in [1.165, 1.54) is 13.3 Å². The lowest BCUT2D eigenvalue weighted by molar-refractivity contribution is 0.101. The second-order valence-electron chi connectivity index (χ2n) is 5.18. The number of ketones is 1. The number of hydrogen-bond donors (Lipinski definition) is 2. The first-order chi connectivity index (χ1) is 9.13. The molecular weight excluding hydrogens is 240 g/mol. The summed E-state index contributed by atoms with van der Waals surface area (Å²) >= 11 is 0. The van der Waals surface area contributed by atoms with Gasteiger partial charge in [-0.2, -0.15) is 0 Å². The molecule has 0 amide bonds. The number of aliphatic hydroxyl groups is 1. The molecule has 0 bridgehead atoms. The summed E-state index contributed by atoms with van der Waals surface area (Å²) in [4.78, 5) is 13.7. The number of aliphatic hydroxyl groups excluding tert-OH is 1. The number of nitrogen functional groups attached to an aromatic ring is 1. The van der Waals surface area contributed by atoms with Crippen LogP contribution in [0.5, 0.6) is 0 Å². The first-order valence-corrected chi connectivity index (χ1v) is 6.91. The lowest BCUT2D eigenvalue weighted by Crippen LogP contribution is -2.40. The van der Waals surface area contributed by atoms with Gasteiger partial charge in [-0.15, -0.1) is 0 Å². The van der Waals surface area contributed by atoms with E-state index in [4.69, 9.17) is 10.8 Å². The largest absolute Gasteiger partial charge is 0.398 e. The first-order valence-electron chi connectivity index (χ1n) is 6.91. The van der Waals surface area contributed by atoms with Crippen molar-refractivity contribution in [2.45, 2.75) is 38.6 Å². The average Bonchev–Trinajstić information content (AvgIpc) is 2.39. The number of rotatable bonds is 4. The van der Waals surface area contributed by atoms with Crippen molar-refractivity contribution < 1.29 is 9.90 Å². The Bertz CT molecular complexity index is 457. The average molecular weight is 262 g/mol. The van der Waals surface area contributed by atoms with Gasteiger partial charge in [-0.1, -0.05) is 0 Å². The zero-order valence-corrected chi connectivity index (χ0v) is 11.4. The summed E-state index contributed by atoms with van der Waals surface area (Å²) < 4.78 is 0. The number of nitrogens with zero attached hydrogens (tertiary/aromatic N) is 1. The minimum atomic E-state index is -0.00500. The topological polar surface area (TPSA) is 66.6 Å². The fourth-order valence-corrected chi connectivity index (χ4v) is 2.84. The molecule has 104 valence electrons. The Balaban J connectivity index is 2.24. The SMILES string of the molecule is CC(=O)c1ccc(N2CCCCC2CCO)cc1N. The van der Waals surface area contributed by atoms with E-state index in [9.17, 15) is 4.79 Å². The number of piperidine rings is 1. The molecule has 1 aliphatic rings. The molecular formula is C15H22N2O2. The van der Waals surface area contributed by atoms with Crippen molar-refractivity contribution in [1.82, 2.24) is 0 Å². The van der Waals surface area contributed by atoms with E-state index in [0.29, 0.717) is 17.3 Å². The molecule has 0 spiro atoms. The quantitative estimate of drug-likeness (QED) is 0.645. The van der Waals surface area contributed by atoms with Gasteiger partial charge in [0.25, 0.3) is 0 Å². The van der Waals surface area contributed by atoms with Crippen LogP contribution in [0.25, 0.3) is 0 Å². The number of Topliss-reactive ketones (excluding diaryl/α,β-unsaturated/α-hetero) is 1. The maximum atomic E-state index is 11.4. The highest BCUT2D eigenvalue weighted by Gasteiger charge is 2.22. The van der Waals surface area contributed by atoms with Crippen LogP contribution in [0, 0.1) is 0 Å². The number of nitrogens with two attached hydrogens (primary N) is 1. The van der Waals surface area contributed by atoms with Gasteiger partial charge in [0.1, 0.15) is 0 Å². The minimum absolute atomic E-state index is 0.00500. The second kappa shape index (κ2) is 6.06. The zero-order valence-electron chi connectivity index (χ0n) is 11.4. The number of anilines is 2. The monoisotopic (exact) mass is 262 g/mol. The van der Waals surface area contributed by atoms with Gasteiger partial charge in [-0.25, -0.2) is 0 Å². The van der Waals surface area contributed by atoms with Crippen LogP contribution in [0.15, 0.2) is 18.2 Å². The predicted molar refractivity (Wildman–Crippen MR) is 77.5 cm³/mol. The van der Waals surface area contributed by atoms with Crippen molar-refractivity contribution in [2.75, 3.05) is 23.8 Å². The molecule has 4 heteroatoms. The molecule has 1 saturated heterocycles. The maximum Gasteiger partial charge on any atom is 0.161 e. The van der Waals surface area contributed by atoms with Crippen LogP contribution in [0.1, 0.15) is 43.0 Å². The van der Waals surface area contributed by atoms with Gasteiger partial charge >= 0.3 is 0 Å². The fourth-order valence-electron chi connectivity index (χ4n) is 2.84. The summed E-state index contributed by atoms with van der Waals surface area (Å²) in [5, 5.41) is 9.16. The molecule has 1 atom stereocenters. The van der Waals surface area contributed by atoms with Gasteiger partial charge < -0.3 is 15.7 Å². The molecule has 3 N–H and O–H groups in total. The third-order valence-corrected chi connectivity index (χ3v) is 3.84. The Morgan fingerprint density at radius 3 is 2.89 bits per heavy atom. The highest BCUT2D eigenvalue weighted by Crippen LogP contribution is 2.29. The third-order valence-electron chi connectivity index (χ3n) is 3.84. The summed E-state index contributed by atoms with van der Waals surface area (Å²) in [5.74, 6) is -0.00500. The van der Waals surface area contributed by atoms with E-state index < -0.39 is 0 Å². The lowest BCUT2D eigenvalue weighted by atomic mass is 9.98. The summed E-state index contributed by atoms with van der Waals surface area (Å²) in [6, 6.07) is 6.02. The normalized spacial score (nSPS) is 19.5. The van der Waals surface area contributed by atoms with Crippen molar-refractivity contribution in [3.05, 3.63) is 23.8 Å². The fraction of sp³-hybridized carbons (Fsp3) is 0.533. The van der Waals surface area contributed by atoms with Crippen LogP contribution in [-0.2, 0) is 0 Å². The van der Waals surface area contributed by atoms with E-state index >= 15 is 0 Å². The van der Waals surface area contributed by atoms with Crippen LogP contribution in [-0.4, -0.2) is 30.1 Å². The number of benzene rings is 1. The summed E-state index contributed by atoms with van der Waals surface area (Å²) in [6.07, 6.45) is 4.27. The molecule has 1 heterocycles. The molecule has 0 saturated carbocycles. The van der Waals surface area contributed by atoms with Gasteiger partial charge in [-0.05, 0) is 50.8 Å². The molecule has 0 aromatic heterocycles. The summed E-state index contributed by atoms with van der Waals surface area (Å²) in [7, 11) is 0. The molecule has 1 aromatic rings. The van der Waals surface area contributed by atoms with Crippen molar-refractivity contribution in [3.63, 3.8) is 0 Å². The highest BCUT2D eigenvalue weighted by atomic mass is 16.3. The van der Waals surface area contributed by atoms with Crippen LogP contribution >= 0.6 is 0 Å². The van der Waals surface area contributed by atoms with E-state index in [1.54, 1.807) is 6.07 Å². The minimum Gasteiger partial charge on any atom is -0.398 e. The lowest BCUT2D eigenvalue weighted by Gasteiger charge is -2.37. The van der Waals surface area contributed by atoms with Crippen LogP contribution < -0.4 is 10.6 Å². The van der Waals surface area contributed by atoms with Crippen molar-refractivity contribution in [2.24, 2.45) is 0 Å². The Labute approximate surface area is 114 Å². The van der Waals surface area contributed by atoms with Crippen LogP contribution in [0.4, 0.5) is 11.4 Å². The van der Waals surface area contributed by atoms with Gasteiger partial charge in [0.05, 0.1) is 0 Å². The van der Waals surface area contributed by atoms with Gasteiger partial charge in [0.2, 0.25) is 0 Å². The summed E-state index contributed by atoms with van der Waals surface area (Å²) in [6.45, 7) is 2.73. The molecule has 0 aliphatic carbocycles. The van der Waals surface area contributed by atoms with Gasteiger partial charge in [0.15, 0.2) is 5.78 Å². The molecule has 1 aliphatic heterocycles. The highest BCUT2D eigenvalue weighted by molar-refractivity contribution is 5.99. The van der Waals surface area contributed by atoms with Gasteiger partial charge in [0, 0.05) is 36.1 Å². The molecule has 4 nitrogen and oxygen atoms in total. The first kappa shape index (κ1) is 13.9. The smallest absolute Gasteiger partial charge is 0.161 e. The van der Waals surface area contributed by atoms with Crippen LogP contribution in [0.3, 0.4) is 0 Å². The second-order valence-corrected chi connectivity index (χ2v) is 5.18. The number of carbonyl (C=O) groups excluding carboxylic acids is 1. The van der Waals surface area contributed by atoms with Crippen molar-refractivity contribution in [1.29, 1.82) is 0 Å². The van der Waals surface area contributed by atoms with Crippen molar-refractivity contribution in [3.8, 4) is 0 Å². The van der Waals surface area contributed by atoms with E-state index in [1.807, 2.05) is 12.1 Å².